The lowest BCUT2D eigenvalue weighted by molar-refractivity contribution is 0.272. The van der Waals surface area contributed by atoms with Gasteiger partial charge in [-0.3, -0.25) is 0 Å². The smallest absolute Gasteiger partial charge is 0.0433 e. The fraction of sp³-hybridized carbons (Fsp3) is 1.00. The summed E-state index contributed by atoms with van der Waals surface area (Å²) < 4.78 is 0. The number of fused-ring (bicyclic) bond motifs is 1. The van der Waals surface area contributed by atoms with Crippen LogP contribution in [0, 0.1) is 17.8 Å². The van der Waals surface area contributed by atoms with Gasteiger partial charge in [0.05, 0.1) is 0 Å². The lowest BCUT2D eigenvalue weighted by Gasteiger charge is -1.99. The molecule has 2 rings (SSSR count). The Labute approximate surface area is 55.3 Å². The Morgan fingerprint density at radius 2 is 2.00 bits per heavy atom. The molecule has 0 radical (unpaired) electrons. The molecule has 2 nitrogen and oxygen atoms in total. The molecule has 2 N–H and O–H groups in total. The monoisotopic (exact) mass is 127 g/mol. The molecule has 9 heavy (non-hydrogen) atoms. The van der Waals surface area contributed by atoms with E-state index < -0.39 is 0 Å². The van der Waals surface area contributed by atoms with Crippen molar-refractivity contribution in [2.45, 2.75) is 6.42 Å². The molecular weight excluding hydrogens is 114 g/mol. The van der Waals surface area contributed by atoms with E-state index in [1.165, 1.54) is 13.1 Å². The van der Waals surface area contributed by atoms with Crippen molar-refractivity contribution in [2.24, 2.45) is 17.8 Å². The number of piperidine rings is 1. The van der Waals surface area contributed by atoms with Gasteiger partial charge in [-0.1, -0.05) is 0 Å². The molecule has 2 aliphatic rings. The first-order chi connectivity index (χ1) is 4.43. The minimum Gasteiger partial charge on any atom is -0.396 e. The third kappa shape index (κ3) is 0.775. The summed E-state index contributed by atoms with van der Waals surface area (Å²) >= 11 is 0. The molecule has 2 fully saturated rings. The predicted octanol–water partition coefficient (Wildman–Crippen LogP) is -0.166. The molecule has 1 heterocycles. The first-order valence-electron chi connectivity index (χ1n) is 3.75. The molecule has 3 atom stereocenters. The summed E-state index contributed by atoms with van der Waals surface area (Å²) in [6.45, 7) is 2.79. The summed E-state index contributed by atoms with van der Waals surface area (Å²) in [4.78, 5) is 0. The van der Waals surface area contributed by atoms with Crippen LogP contribution in [0.3, 0.4) is 0 Å². The van der Waals surface area contributed by atoms with Crippen LogP contribution in [0.4, 0.5) is 0 Å². The van der Waals surface area contributed by atoms with E-state index in [0.29, 0.717) is 6.61 Å². The normalized spacial score (nSPS) is 47.0. The van der Waals surface area contributed by atoms with Crippen LogP contribution in [0.1, 0.15) is 6.42 Å². The van der Waals surface area contributed by atoms with Gasteiger partial charge in [-0.05, 0) is 37.3 Å². The molecular formula is C7H13NO. The first-order valence-corrected chi connectivity index (χ1v) is 3.75. The molecule has 0 aromatic rings. The van der Waals surface area contributed by atoms with Gasteiger partial charge in [0.2, 0.25) is 0 Å². The summed E-state index contributed by atoms with van der Waals surface area (Å²) in [5.41, 5.74) is 0. The Kier molecular flexibility index (Phi) is 1.24. The van der Waals surface area contributed by atoms with Crippen molar-refractivity contribution in [2.75, 3.05) is 19.7 Å². The van der Waals surface area contributed by atoms with Crippen LogP contribution in [0.2, 0.25) is 0 Å². The standard InChI is InChI=1S/C7H13NO/c9-2-1-5-6-3-8-4-7(5)6/h5-9H,1-4H2/t5-,6+,7?/m1/s1. The molecule has 0 bridgehead atoms. The number of rotatable bonds is 2. The van der Waals surface area contributed by atoms with Crippen LogP contribution in [0.5, 0.6) is 0 Å². The maximum absolute atomic E-state index is 8.61. The summed E-state index contributed by atoms with van der Waals surface area (Å²) in [5, 5.41) is 11.9. The molecule has 2 heteroatoms. The van der Waals surface area contributed by atoms with Crippen LogP contribution < -0.4 is 5.32 Å². The lowest BCUT2D eigenvalue weighted by Crippen LogP contribution is -2.14. The average Bonchev–Trinajstić information content (AvgIpc) is 2.39. The zero-order valence-electron chi connectivity index (χ0n) is 5.51. The molecule has 0 aromatic carbocycles. The Hall–Kier alpha value is -0.0800. The summed E-state index contributed by atoms with van der Waals surface area (Å²) in [6, 6.07) is 0. The van der Waals surface area contributed by atoms with Gasteiger partial charge in [0.15, 0.2) is 0 Å². The van der Waals surface area contributed by atoms with Crippen LogP contribution in [-0.4, -0.2) is 24.8 Å². The Bertz CT molecular complexity index is 105. The van der Waals surface area contributed by atoms with E-state index in [9.17, 15) is 0 Å². The van der Waals surface area contributed by atoms with E-state index in [1.807, 2.05) is 0 Å². The van der Waals surface area contributed by atoms with E-state index in [-0.39, 0.29) is 0 Å². The third-order valence-corrected chi connectivity index (χ3v) is 2.73. The van der Waals surface area contributed by atoms with Crippen molar-refractivity contribution in [3.8, 4) is 0 Å². The fourth-order valence-corrected chi connectivity index (χ4v) is 2.12. The zero-order valence-corrected chi connectivity index (χ0v) is 5.51. The van der Waals surface area contributed by atoms with Gasteiger partial charge in [0.1, 0.15) is 0 Å². The number of hydrogen-bond donors (Lipinski definition) is 2. The average molecular weight is 127 g/mol. The molecule has 0 spiro atoms. The zero-order chi connectivity index (χ0) is 6.27. The van der Waals surface area contributed by atoms with E-state index in [2.05, 4.69) is 5.32 Å². The van der Waals surface area contributed by atoms with Crippen molar-refractivity contribution in [3.63, 3.8) is 0 Å². The predicted molar refractivity (Wildman–Crippen MR) is 35.0 cm³/mol. The minimum atomic E-state index is 0.387. The molecule has 1 aliphatic carbocycles. The Morgan fingerprint density at radius 3 is 2.56 bits per heavy atom. The van der Waals surface area contributed by atoms with Crippen LogP contribution in [0.25, 0.3) is 0 Å². The van der Waals surface area contributed by atoms with Gasteiger partial charge < -0.3 is 10.4 Å². The number of hydrogen-bond acceptors (Lipinski definition) is 2. The molecule has 1 unspecified atom stereocenters. The van der Waals surface area contributed by atoms with Gasteiger partial charge in [-0.25, -0.2) is 0 Å². The number of aliphatic hydroxyl groups is 1. The summed E-state index contributed by atoms with van der Waals surface area (Å²) in [7, 11) is 0. The Morgan fingerprint density at radius 1 is 1.33 bits per heavy atom. The molecule has 52 valence electrons. The fourth-order valence-electron chi connectivity index (χ4n) is 2.12. The molecule has 0 aromatic heterocycles. The van der Waals surface area contributed by atoms with Crippen LogP contribution in [0.15, 0.2) is 0 Å². The first kappa shape index (κ1) is 5.69. The van der Waals surface area contributed by atoms with Gasteiger partial charge in [-0.15, -0.1) is 0 Å². The van der Waals surface area contributed by atoms with Gasteiger partial charge in [-0.2, -0.15) is 0 Å². The van der Waals surface area contributed by atoms with E-state index in [1.54, 1.807) is 0 Å². The molecule has 0 amide bonds. The third-order valence-electron chi connectivity index (χ3n) is 2.73. The quantitative estimate of drug-likeness (QED) is 0.540. The molecule has 1 saturated carbocycles. The second-order valence-corrected chi connectivity index (χ2v) is 3.16. The largest absolute Gasteiger partial charge is 0.396 e. The highest BCUT2D eigenvalue weighted by Gasteiger charge is 2.51. The van der Waals surface area contributed by atoms with E-state index in [4.69, 9.17) is 5.11 Å². The van der Waals surface area contributed by atoms with Crippen molar-refractivity contribution in [1.29, 1.82) is 0 Å². The van der Waals surface area contributed by atoms with Gasteiger partial charge >= 0.3 is 0 Å². The van der Waals surface area contributed by atoms with Gasteiger partial charge in [0, 0.05) is 6.61 Å². The highest BCUT2D eigenvalue weighted by molar-refractivity contribution is 5.03. The molecule has 1 aliphatic heterocycles. The van der Waals surface area contributed by atoms with Gasteiger partial charge in [0.25, 0.3) is 0 Å². The topological polar surface area (TPSA) is 32.3 Å². The number of aliphatic hydroxyl groups excluding tert-OH is 1. The Balaban J connectivity index is 1.81. The SMILES string of the molecule is OCC[C@H]1C2CNC[C@H]21. The second kappa shape index (κ2) is 1.96. The van der Waals surface area contributed by atoms with Crippen LogP contribution in [-0.2, 0) is 0 Å². The molecule has 1 saturated heterocycles. The van der Waals surface area contributed by atoms with E-state index >= 15 is 0 Å². The van der Waals surface area contributed by atoms with Crippen LogP contribution >= 0.6 is 0 Å². The highest BCUT2D eigenvalue weighted by atomic mass is 16.3. The van der Waals surface area contributed by atoms with Crippen molar-refractivity contribution in [3.05, 3.63) is 0 Å². The lowest BCUT2D eigenvalue weighted by atomic mass is 10.2. The summed E-state index contributed by atoms with van der Waals surface area (Å²) in [5.74, 6) is 2.73. The van der Waals surface area contributed by atoms with Crippen molar-refractivity contribution < 1.29 is 5.11 Å². The second-order valence-electron chi connectivity index (χ2n) is 3.16. The van der Waals surface area contributed by atoms with Crippen molar-refractivity contribution in [1.82, 2.24) is 5.32 Å². The summed E-state index contributed by atoms with van der Waals surface area (Å²) in [6.07, 6.45) is 1.04. The minimum absolute atomic E-state index is 0.387. The number of nitrogens with one attached hydrogen (secondary N) is 1. The van der Waals surface area contributed by atoms with E-state index in [0.717, 1.165) is 24.2 Å². The highest BCUT2D eigenvalue weighted by Crippen LogP contribution is 2.50. The van der Waals surface area contributed by atoms with Crippen molar-refractivity contribution >= 4 is 0 Å². The maximum atomic E-state index is 8.61. The maximum Gasteiger partial charge on any atom is 0.0433 e.